The molecule has 2 atom stereocenters. The molecular formula is C6H9ClO2. The molecule has 1 rings (SSSR count). The molecule has 3 heteroatoms. The van der Waals surface area contributed by atoms with Gasteiger partial charge in [0.15, 0.2) is 5.78 Å². The van der Waals surface area contributed by atoms with Gasteiger partial charge in [0.1, 0.15) is 6.10 Å². The standard InChI is InChI=1S/C6H9ClO2/c7-4-2-1-3-5(8)6(4)9/h4,6,9H,1-3H2. The van der Waals surface area contributed by atoms with Gasteiger partial charge in [0, 0.05) is 6.42 Å². The van der Waals surface area contributed by atoms with Gasteiger partial charge < -0.3 is 5.11 Å². The third kappa shape index (κ3) is 1.43. The molecular weight excluding hydrogens is 140 g/mol. The second kappa shape index (κ2) is 2.67. The Morgan fingerprint density at radius 2 is 2.33 bits per heavy atom. The van der Waals surface area contributed by atoms with E-state index in [0.717, 1.165) is 12.8 Å². The molecule has 1 N–H and O–H groups in total. The lowest BCUT2D eigenvalue weighted by atomic mass is 9.96. The first-order valence-corrected chi connectivity index (χ1v) is 3.50. The van der Waals surface area contributed by atoms with Crippen molar-refractivity contribution in [1.82, 2.24) is 0 Å². The Morgan fingerprint density at radius 3 is 2.78 bits per heavy atom. The minimum Gasteiger partial charge on any atom is -0.384 e. The topological polar surface area (TPSA) is 37.3 Å². The van der Waals surface area contributed by atoms with Crippen molar-refractivity contribution < 1.29 is 9.90 Å². The van der Waals surface area contributed by atoms with Crippen molar-refractivity contribution in [1.29, 1.82) is 0 Å². The van der Waals surface area contributed by atoms with Crippen LogP contribution in [-0.2, 0) is 4.79 Å². The molecule has 52 valence electrons. The first-order chi connectivity index (χ1) is 4.22. The molecule has 0 aromatic rings. The highest BCUT2D eigenvalue weighted by atomic mass is 35.5. The molecule has 0 amide bonds. The maximum Gasteiger partial charge on any atom is 0.162 e. The summed E-state index contributed by atoms with van der Waals surface area (Å²) in [7, 11) is 0. The molecule has 1 fully saturated rings. The van der Waals surface area contributed by atoms with Crippen molar-refractivity contribution in [3.8, 4) is 0 Å². The van der Waals surface area contributed by atoms with Gasteiger partial charge in [-0.05, 0) is 12.8 Å². The predicted octanol–water partition coefficient (Wildman–Crippen LogP) is 0.708. The minimum absolute atomic E-state index is 0.110. The van der Waals surface area contributed by atoms with Crippen molar-refractivity contribution >= 4 is 17.4 Å². The summed E-state index contributed by atoms with van der Waals surface area (Å²) in [5.74, 6) is -0.110. The minimum atomic E-state index is -0.902. The van der Waals surface area contributed by atoms with Crippen molar-refractivity contribution in [2.45, 2.75) is 30.7 Å². The monoisotopic (exact) mass is 148 g/mol. The van der Waals surface area contributed by atoms with E-state index < -0.39 is 6.10 Å². The second-order valence-corrected chi connectivity index (χ2v) is 2.88. The number of ketones is 1. The molecule has 2 unspecified atom stereocenters. The first kappa shape index (κ1) is 7.03. The molecule has 2 nitrogen and oxygen atoms in total. The van der Waals surface area contributed by atoms with Crippen LogP contribution in [-0.4, -0.2) is 22.4 Å². The normalized spacial score (nSPS) is 36.9. The molecule has 1 aliphatic rings. The summed E-state index contributed by atoms with van der Waals surface area (Å²) in [4.78, 5) is 10.7. The molecule has 0 spiro atoms. The van der Waals surface area contributed by atoms with E-state index in [1.165, 1.54) is 0 Å². The summed E-state index contributed by atoms with van der Waals surface area (Å²) in [6.07, 6.45) is 1.17. The van der Waals surface area contributed by atoms with Crippen LogP contribution < -0.4 is 0 Å². The van der Waals surface area contributed by atoms with Crippen LogP contribution in [0.15, 0.2) is 0 Å². The van der Waals surface area contributed by atoms with E-state index in [0.29, 0.717) is 6.42 Å². The lowest BCUT2D eigenvalue weighted by Gasteiger charge is -2.20. The SMILES string of the molecule is O=C1CCCC(Cl)C1O. The van der Waals surface area contributed by atoms with Gasteiger partial charge in [-0.2, -0.15) is 0 Å². The molecule has 0 heterocycles. The van der Waals surface area contributed by atoms with Gasteiger partial charge in [0.2, 0.25) is 0 Å². The number of rotatable bonds is 0. The third-order valence-electron chi connectivity index (χ3n) is 1.58. The van der Waals surface area contributed by atoms with Crippen LogP contribution in [0.4, 0.5) is 0 Å². The van der Waals surface area contributed by atoms with Gasteiger partial charge >= 0.3 is 0 Å². The van der Waals surface area contributed by atoms with E-state index in [9.17, 15) is 4.79 Å². The first-order valence-electron chi connectivity index (χ1n) is 3.06. The molecule has 0 aromatic carbocycles. The summed E-state index contributed by atoms with van der Waals surface area (Å²) in [6.45, 7) is 0. The van der Waals surface area contributed by atoms with E-state index >= 15 is 0 Å². The molecule has 0 bridgehead atoms. The van der Waals surface area contributed by atoms with Crippen LogP contribution in [0, 0.1) is 0 Å². The lowest BCUT2D eigenvalue weighted by molar-refractivity contribution is -0.128. The van der Waals surface area contributed by atoms with E-state index in [1.807, 2.05) is 0 Å². The number of alkyl halides is 1. The third-order valence-corrected chi connectivity index (χ3v) is 2.03. The van der Waals surface area contributed by atoms with Crippen molar-refractivity contribution in [2.24, 2.45) is 0 Å². The Balaban J connectivity index is 2.51. The molecule has 0 aliphatic heterocycles. The van der Waals surface area contributed by atoms with E-state index in [1.54, 1.807) is 0 Å². The largest absolute Gasteiger partial charge is 0.384 e. The second-order valence-electron chi connectivity index (χ2n) is 2.32. The van der Waals surface area contributed by atoms with E-state index in [4.69, 9.17) is 16.7 Å². The van der Waals surface area contributed by atoms with Gasteiger partial charge in [0.25, 0.3) is 0 Å². The highest BCUT2D eigenvalue weighted by Gasteiger charge is 2.27. The summed E-state index contributed by atoms with van der Waals surface area (Å²) < 4.78 is 0. The van der Waals surface area contributed by atoms with Crippen LogP contribution in [0.3, 0.4) is 0 Å². The van der Waals surface area contributed by atoms with Crippen molar-refractivity contribution in [2.75, 3.05) is 0 Å². The smallest absolute Gasteiger partial charge is 0.162 e. The van der Waals surface area contributed by atoms with Gasteiger partial charge in [-0.1, -0.05) is 0 Å². The summed E-state index contributed by atoms with van der Waals surface area (Å²) in [6, 6.07) is 0. The zero-order valence-electron chi connectivity index (χ0n) is 5.01. The fraction of sp³-hybridized carbons (Fsp3) is 0.833. The number of aliphatic hydroxyl groups is 1. The summed E-state index contributed by atoms with van der Waals surface area (Å²) >= 11 is 5.59. The molecule has 1 aliphatic carbocycles. The Morgan fingerprint density at radius 1 is 1.67 bits per heavy atom. The number of aliphatic hydroxyl groups excluding tert-OH is 1. The average Bonchev–Trinajstić information content (AvgIpc) is 1.83. The Bertz CT molecular complexity index is 124. The molecule has 0 aromatic heterocycles. The Hall–Kier alpha value is -0.0800. The number of halogens is 1. The number of hydrogen-bond donors (Lipinski definition) is 1. The van der Waals surface area contributed by atoms with Crippen LogP contribution in [0.5, 0.6) is 0 Å². The number of carbonyl (C=O) groups excluding carboxylic acids is 1. The maximum atomic E-state index is 10.7. The van der Waals surface area contributed by atoms with E-state index in [-0.39, 0.29) is 11.2 Å². The average molecular weight is 149 g/mol. The van der Waals surface area contributed by atoms with Gasteiger partial charge in [0.05, 0.1) is 5.38 Å². The van der Waals surface area contributed by atoms with Crippen molar-refractivity contribution in [3.63, 3.8) is 0 Å². The fourth-order valence-corrected chi connectivity index (χ4v) is 1.27. The predicted molar refractivity (Wildman–Crippen MR) is 34.5 cm³/mol. The van der Waals surface area contributed by atoms with E-state index in [2.05, 4.69) is 0 Å². The molecule has 0 radical (unpaired) electrons. The van der Waals surface area contributed by atoms with Crippen molar-refractivity contribution in [3.05, 3.63) is 0 Å². The number of hydrogen-bond acceptors (Lipinski definition) is 2. The van der Waals surface area contributed by atoms with Crippen LogP contribution >= 0.6 is 11.6 Å². The maximum absolute atomic E-state index is 10.7. The highest BCUT2D eigenvalue weighted by molar-refractivity contribution is 6.22. The van der Waals surface area contributed by atoms with Crippen LogP contribution in [0.2, 0.25) is 0 Å². The van der Waals surface area contributed by atoms with Gasteiger partial charge in [-0.25, -0.2) is 0 Å². The number of carbonyl (C=O) groups is 1. The summed E-state index contributed by atoms with van der Waals surface area (Å²) in [5.41, 5.74) is 0. The zero-order valence-corrected chi connectivity index (χ0v) is 5.77. The highest BCUT2D eigenvalue weighted by Crippen LogP contribution is 2.19. The summed E-state index contributed by atoms with van der Waals surface area (Å²) in [5, 5.41) is 8.62. The van der Waals surface area contributed by atoms with Gasteiger partial charge in [-0.3, -0.25) is 4.79 Å². The lowest BCUT2D eigenvalue weighted by Crippen LogP contribution is -2.34. The fourth-order valence-electron chi connectivity index (χ4n) is 0.979. The molecule has 9 heavy (non-hydrogen) atoms. The van der Waals surface area contributed by atoms with Crippen LogP contribution in [0.25, 0.3) is 0 Å². The zero-order chi connectivity index (χ0) is 6.85. The van der Waals surface area contributed by atoms with Crippen LogP contribution in [0.1, 0.15) is 19.3 Å². The molecule has 0 saturated heterocycles. The Kier molecular flexibility index (Phi) is 2.09. The van der Waals surface area contributed by atoms with Gasteiger partial charge in [-0.15, -0.1) is 11.6 Å². The Labute approximate surface area is 58.8 Å². The molecule has 1 saturated carbocycles. The number of Topliss-reactive ketones (excluding diaryl/α,β-unsaturated/α-hetero) is 1. The quantitative estimate of drug-likeness (QED) is 0.514.